The maximum atomic E-state index is 10.8. The third-order valence-electron chi connectivity index (χ3n) is 1.12. The molecule has 0 aliphatic carbocycles. The van der Waals surface area contributed by atoms with Gasteiger partial charge in [0.05, 0.1) is 6.61 Å². The van der Waals surface area contributed by atoms with Crippen molar-refractivity contribution < 1.29 is 9.53 Å². The monoisotopic (exact) mass is 157 g/mol. The van der Waals surface area contributed by atoms with Gasteiger partial charge in [-0.3, -0.25) is 4.79 Å². The van der Waals surface area contributed by atoms with Crippen molar-refractivity contribution in [3.05, 3.63) is 12.7 Å². The van der Waals surface area contributed by atoms with Crippen LogP contribution in [0.5, 0.6) is 0 Å². The van der Waals surface area contributed by atoms with Crippen molar-refractivity contribution in [2.75, 3.05) is 19.8 Å². The number of hydrogen-bond donors (Lipinski definition) is 1. The van der Waals surface area contributed by atoms with E-state index in [4.69, 9.17) is 4.74 Å². The van der Waals surface area contributed by atoms with Crippen molar-refractivity contribution in [1.29, 1.82) is 0 Å². The van der Waals surface area contributed by atoms with E-state index in [1.807, 2.05) is 6.92 Å². The normalized spacial score (nSPS) is 9.18. The first kappa shape index (κ1) is 10.2. The number of amides is 1. The lowest BCUT2D eigenvalue weighted by molar-refractivity contribution is -0.121. The van der Waals surface area contributed by atoms with Gasteiger partial charge < -0.3 is 10.1 Å². The van der Waals surface area contributed by atoms with E-state index in [1.54, 1.807) is 6.08 Å². The Morgan fingerprint density at radius 2 is 2.45 bits per heavy atom. The molecule has 0 heterocycles. The fraction of sp³-hybridized carbons (Fsp3) is 0.625. The van der Waals surface area contributed by atoms with E-state index in [-0.39, 0.29) is 5.91 Å². The molecular weight excluding hydrogens is 142 g/mol. The molecule has 0 atom stereocenters. The fourth-order valence-corrected chi connectivity index (χ4v) is 0.584. The Kier molecular flexibility index (Phi) is 6.73. The first-order valence-corrected chi connectivity index (χ1v) is 3.76. The largest absolute Gasteiger partial charge is 0.381 e. The average molecular weight is 157 g/mol. The van der Waals surface area contributed by atoms with E-state index in [0.717, 1.165) is 0 Å². The summed E-state index contributed by atoms with van der Waals surface area (Å²) in [5.74, 6) is 0.0124. The number of nitrogens with one attached hydrogen (secondary N) is 1. The van der Waals surface area contributed by atoms with Crippen molar-refractivity contribution in [1.82, 2.24) is 5.32 Å². The molecule has 11 heavy (non-hydrogen) atoms. The predicted octanol–water partition coefficient (Wildman–Crippen LogP) is 0.715. The van der Waals surface area contributed by atoms with Gasteiger partial charge >= 0.3 is 0 Å². The summed E-state index contributed by atoms with van der Waals surface area (Å²) in [6.45, 7) is 7.08. The minimum Gasteiger partial charge on any atom is -0.381 e. The van der Waals surface area contributed by atoms with Gasteiger partial charge in [-0.05, 0) is 6.92 Å². The minimum absolute atomic E-state index is 0.0124. The van der Waals surface area contributed by atoms with E-state index in [2.05, 4.69) is 11.9 Å². The molecule has 0 rings (SSSR count). The van der Waals surface area contributed by atoms with Gasteiger partial charge in [0.2, 0.25) is 5.91 Å². The minimum atomic E-state index is 0.0124. The third kappa shape index (κ3) is 7.06. The van der Waals surface area contributed by atoms with Crippen molar-refractivity contribution in [3.63, 3.8) is 0 Å². The second-order valence-corrected chi connectivity index (χ2v) is 2.04. The molecule has 0 aliphatic heterocycles. The van der Waals surface area contributed by atoms with Crippen LogP contribution in [0.15, 0.2) is 12.7 Å². The molecule has 0 saturated heterocycles. The summed E-state index contributed by atoms with van der Waals surface area (Å²) in [6, 6.07) is 0. The van der Waals surface area contributed by atoms with Crippen LogP contribution in [-0.2, 0) is 9.53 Å². The van der Waals surface area contributed by atoms with E-state index >= 15 is 0 Å². The molecule has 1 N–H and O–H groups in total. The van der Waals surface area contributed by atoms with Crippen LogP contribution in [0.25, 0.3) is 0 Å². The summed E-state index contributed by atoms with van der Waals surface area (Å²) in [4.78, 5) is 10.8. The van der Waals surface area contributed by atoms with Crippen molar-refractivity contribution in [2.45, 2.75) is 13.3 Å². The average Bonchev–Trinajstić information content (AvgIpc) is 2.01. The molecule has 0 fully saturated rings. The zero-order valence-electron chi connectivity index (χ0n) is 6.93. The van der Waals surface area contributed by atoms with Crippen LogP contribution in [0.4, 0.5) is 0 Å². The molecule has 0 aliphatic rings. The lowest BCUT2D eigenvalue weighted by Gasteiger charge is -2.01. The molecule has 0 saturated carbocycles. The van der Waals surface area contributed by atoms with Crippen LogP contribution < -0.4 is 5.32 Å². The SMILES string of the molecule is C=CCNC(=O)CCOCC. The molecule has 0 aromatic rings. The van der Waals surface area contributed by atoms with E-state index < -0.39 is 0 Å². The topological polar surface area (TPSA) is 38.3 Å². The highest BCUT2D eigenvalue weighted by molar-refractivity contribution is 5.76. The molecular formula is C8H15NO2. The maximum absolute atomic E-state index is 10.8. The highest BCUT2D eigenvalue weighted by Gasteiger charge is 1.96. The molecule has 1 amide bonds. The fourth-order valence-electron chi connectivity index (χ4n) is 0.584. The highest BCUT2D eigenvalue weighted by atomic mass is 16.5. The van der Waals surface area contributed by atoms with E-state index in [9.17, 15) is 4.79 Å². The highest BCUT2D eigenvalue weighted by Crippen LogP contribution is 1.81. The van der Waals surface area contributed by atoms with Crippen LogP contribution in [0.2, 0.25) is 0 Å². The summed E-state index contributed by atoms with van der Waals surface area (Å²) in [5.41, 5.74) is 0. The van der Waals surface area contributed by atoms with Gasteiger partial charge in [0.15, 0.2) is 0 Å². The molecule has 3 heteroatoms. The molecule has 0 aromatic heterocycles. The lowest BCUT2D eigenvalue weighted by atomic mass is 10.4. The van der Waals surface area contributed by atoms with E-state index in [0.29, 0.717) is 26.2 Å². The summed E-state index contributed by atoms with van der Waals surface area (Å²) in [5, 5.41) is 2.65. The Labute approximate surface area is 67.4 Å². The summed E-state index contributed by atoms with van der Waals surface area (Å²) in [6.07, 6.45) is 2.08. The van der Waals surface area contributed by atoms with Crippen molar-refractivity contribution in [3.8, 4) is 0 Å². The van der Waals surface area contributed by atoms with Crippen LogP contribution in [0, 0.1) is 0 Å². The number of hydrogen-bond acceptors (Lipinski definition) is 2. The predicted molar refractivity (Wildman–Crippen MR) is 44.3 cm³/mol. The smallest absolute Gasteiger partial charge is 0.222 e. The second-order valence-electron chi connectivity index (χ2n) is 2.04. The van der Waals surface area contributed by atoms with Crippen LogP contribution in [0.3, 0.4) is 0 Å². The standard InChI is InChI=1S/C8H15NO2/c1-3-6-9-8(10)5-7-11-4-2/h3H,1,4-7H2,2H3,(H,9,10). The van der Waals surface area contributed by atoms with Gasteiger partial charge in [-0.2, -0.15) is 0 Å². The quantitative estimate of drug-likeness (QED) is 0.455. The molecule has 0 unspecified atom stereocenters. The summed E-state index contributed by atoms with van der Waals surface area (Å²) in [7, 11) is 0. The van der Waals surface area contributed by atoms with Crippen molar-refractivity contribution in [2.24, 2.45) is 0 Å². The Morgan fingerprint density at radius 1 is 1.73 bits per heavy atom. The van der Waals surface area contributed by atoms with Gasteiger partial charge in [-0.25, -0.2) is 0 Å². The maximum Gasteiger partial charge on any atom is 0.222 e. The summed E-state index contributed by atoms with van der Waals surface area (Å²) < 4.78 is 5.00. The molecule has 0 aromatic carbocycles. The number of carbonyl (C=O) groups excluding carboxylic acids is 1. The van der Waals surface area contributed by atoms with Crippen molar-refractivity contribution >= 4 is 5.91 Å². The van der Waals surface area contributed by atoms with Crippen LogP contribution >= 0.6 is 0 Å². The second kappa shape index (κ2) is 7.28. The van der Waals surface area contributed by atoms with E-state index in [1.165, 1.54) is 0 Å². The van der Waals surface area contributed by atoms with Gasteiger partial charge in [-0.15, -0.1) is 6.58 Å². The number of ether oxygens (including phenoxy) is 1. The zero-order valence-corrected chi connectivity index (χ0v) is 6.93. The molecule has 3 nitrogen and oxygen atoms in total. The molecule has 64 valence electrons. The first-order valence-electron chi connectivity index (χ1n) is 3.76. The van der Waals surface area contributed by atoms with Crippen LogP contribution in [-0.4, -0.2) is 25.7 Å². The Balaban J connectivity index is 3.15. The Morgan fingerprint density at radius 3 is 3.00 bits per heavy atom. The number of carbonyl (C=O) groups is 1. The number of rotatable bonds is 6. The van der Waals surface area contributed by atoms with Gasteiger partial charge in [0, 0.05) is 19.6 Å². The Hall–Kier alpha value is -0.830. The van der Waals surface area contributed by atoms with Gasteiger partial charge in [-0.1, -0.05) is 6.08 Å². The molecule has 0 radical (unpaired) electrons. The lowest BCUT2D eigenvalue weighted by Crippen LogP contribution is -2.24. The Bertz CT molecular complexity index is 123. The van der Waals surface area contributed by atoms with Gasteiger partial charge in [0.25, 0.3) is 0 Å². The van der Waals surface area contributed by atoms with Gasteiger partial charge in [0.1, 0.15) is 0 Å². The zero-order chi connectivity index (χ0) is 8.53. The third-order valence-corrected chi connectivity index (χ3v) is 1.12. The summed E-state index contributed by atoms with van der Waals surface area (Å²) >= 11 is 0. The van der Waals surface area contributed by atoms with Crippen LogP contribution in [0.1, 0.15) is 13.3 Å². The molecule has 0 spiro atoms. The molecule has 0 bridgehead atoms. The first-order chi connectivity index (χ1) is 5.31.